The summed E-state index contributed by atoms with van der Waals surface area (Å²) in [5, 5.41) is 7.40. The predicted molar refractivity (Wildman–Crippen MR) is 78.3 cm³/mol. The summed E-state index contributed by atoms with van der Waals surface area (Å²) < 4.78 is 0. The molecule has 0 unspecified atom stereocenters. The zero-order valence-electron chi connectivity index (χ0n) is 11.1. The van der Waals surface area contributed by atoms with Gasteiger partial charge in [0.15, 0.2) is 0 Å². The highest BCUT2D eigenvalue weighted by molar-refractivity contribution is 7.08. The van der Waals surface area contributed by atoms with Crippen LogP contribution < -0.4 is 21.5 Å². The quantitative estimate of drug-likeness (QED) is 0.559. The standard InChI is InChI=1S/C11H17N7S/c1-7-5-19-6-8(7)4-13-9-14-10(17-12)16-11(15-9)18(2)3/h5-6H,4,12H2,1-3H3,(H2,13,14,15,16,17). The van der Waals surface area contributed by atoms with Crippen LogP contribution in [0, 0.1) is 6.92 Å². The maximum absolute atomic E-state index is 5.36. The van der Waals surface area contributed by atoms with Gasteiger partial charge in [0.1, 0.15) is 0 Å². The SMILES string of the molecule is Cc1cscc1CNc1nc(NN)nc(N(C)C)n1. The molecule has 19 heavy (non-hydrogen) atoms. The molecule has 0 fully saturated rings. The molecule has 4 N–H and O–H groups in total. The minimum atomic E-state index is 0.336. The van der Waals surface area contributed by atoms with E-state index < -0.39 is 0 Å². The number of hydrogen-bond acceptors (Lipinski definition) is 8. The van der Waals surface area contributed by atoms with Gasteiger partial charge in [0.2, 0.25) is 17.8 Å². The van der Waals surface area contributed by atoms with Crippen molar-refractivity contribution in [3.05, 3.63) is 21.9 Å². The Kier molecular flexibility index (Phi) is 4.13. The van der Waals surface area contributed by atoms with E-state index in [1.165, 1.54) is 11.1 Å². The average Bonchev–Trinajstić information content (AvgIpc) is 2.81. The number of hydrogen-bond donors (Lipinski definition) is 3. The van der Waals surface area contributed by atoms with E-state index in [2.05, 4.69) is 43.4 Å². The van der Waals surface area contributed by atoms with E-state index in [-0.39, 0.29) is 0 Å². The van der Waals surface area contributed by atoms with Gasteiger partial charge < -0.3 is 10.2 Å². The Morgan fingerprint density at radius 2 is 1.95 bits per heavy atom. The first-order valence-electron chi connectivity index (χ1n) is 5.75. The maximum Gasteiger partial charge on any atom is 0.243 e. The summed E-state index contributed by atoms with van der Waals surface area (Å²) in [6.45, 7) is 2.76. The Morgan fingerprint density at radius 3 is 2.53 bits per heavy atom. The van der Waals surface area contributed by atoms with Gasteiger partial charge in [0, 0.05) is 20.6 Å². The summed E-state index contributed by atoms with van der Waals surface area (Å²) in [6, 6.07) is 0. The van der Waals surface area contributed by atoms with Gasteiger partial charge in [0.25, 0.3) is 0 Å². The molecule has 2 heterocycles. The summed E-state index contributed by atoms with van der Waals surface area (Å²) in [5.41, 5.74) is 4.94. The molecule has 0 radical (unpaired) electrons. The molecule has 0 saturated heterocycles. The molecule has 0 spiro atoms. The molecule has 0 atom stereocenters. The van der Waals surface area contributed by atoms with Crippen molar-refractivity contribution in [1.82, 2.24) is 15.0 Å². The molecule has 0 aliphatic carbocycles. The first-order chi connectivity index (χ1) is 9.10. The Morgan fingerprint density at radius 1 is 1.21 bits per heavy atom. The van der Waals surface area contributed by atoms with E-state index >= 15 is 0 Å². The molecule has 2 aromatic heterocycles. The van der Waals surface area contributed by atoms with E-state index in [4.69, 9.17) is 5.84 Å². The highest BCUT2D eigenvalue weighted by Gasteiger charge is 2.07. The van der Waals surface area contributed by atoms with Crippen molar-refractivity contribution < 1.29 is 0 Å². The summed E-state index contributed by atoms with van der Waals surface area (Å²) in [5.74, 6) is 6.74. The topological polar surface area (TPSA) is 92.0 Å². The molecule has 0 aromatic carbocycles. The summed E-state index contributed by atoms with van der Waals surface area (Å²) in [4.78, 5) is 14.4. The first kappa shape index (κ1) is 13.5. The number of anilines is 3. The molecule has 0 amide bonds. The number of nitrogens with two attached hydrogens (primary N) is 1. The summed E-state index contributed by atoms with van der Waals surface area (Å²) in [6.07, 6.45) is 0. The number of hydrazine groups is 1. The second-order valence-electron chi connectivity index (χ2n) is 4.25. The lowest BCUT2D eigenvalue weighted by Crippen LogP contribution is -2.19. The van der Waals surface area contributed by atoms with Crippen molar-refractivity contribution in [2.24, 2.45) is 5.84 Å². The van der Waals surface area contributed by atoms with Gasteiger partial charge in [-0.3, -0.25) is 5.43 Å². The fraction of sp³-hybridized carbons (Fsp3) is 0.364. The van der Waals surface area contributed by atoms with E-state index in [1.807, 2.05) is 14.1 Å². The molecule has 8 heteroatoms. The Labute approximate surface area is 115 Å². The number of nitrogens with one attached hydrogen (secondary N) is 2. The molecule has 0 saturated carbocycles. The average molecular weight is 279 g/mol. The van der Waals surface area contributed by atoms with Crippen LogP contribution in [0.4, 0.5) is 17.8 Å². The molecule has 7 nitrogen and oxygen atoms in total. The number of aryl methyl sites for hydroxylation is 1. The van der Waals surface area contributed by atoms with Gasteiger partial charge in [-0.15, -0.1) is 0 Å². The van der Waals surface area contributed by atoms with Crippen LogP contribution in [-0.2, 0) is 6.54 Å². The molecule has 2 aromatic rings. The Hall–Kier alpha value is -1.93. The van der Waals surface area contributed by atoms with E-state index in [9.17, 15) is 0 Å². The zero-order valence-corrected chi connectivity index (χ0v) is 12.0. The zero-order chi connectivity index (χ0) is 13.8. The first-order valence-corrected chi connectivity index (χ1v) is 6.70. The maximum atomic E-state index is 5.36. The van der Waals surface area contributed by atoms with Crippen LogP contribution in [0.2, 0.25) is 0 Å². The second-order valence-corrected chi connectivity index (χ2v) is 5.00. The monoisotopic (exact) mass is 279 g/mol. The van der Waals surface area contributed by atoms with Gasteiger partial charge >= 0.3 is 0 Å². The third-order valence-corrected chi connectivity index (χ3v) is 3.46. The van der Waals surface area contributed by atoms with Crippen molar-refractivity contribution in [3.8, 4) is 0 Å². The summed E-state index contributed by atoms with van der Waals surface area (Å²) in [7, 11) is 3.73. The smallest absolute Gasteiger partial charge is 0.243 e. The summed E-state index contributed by atoms with van der Waals surface area (Å²) >= 11 is 1.68. The molecule has 102 valence electrons. The van der Waals surface area contributed by atoms with Crippen molar-refractivity contribution in [3.63, 3.8) is 0 Å². The van der Waals surface area contributed by atoms with Crippen LogP contribution in [0.3, 0.4) is 0 Å². The molecular weight excluding hydrogens is 262 g/mol. The highest BCUT2D eigenvalue weighted by atomic mass is 32.1. The van der Waals surface area contributed by atoms with Gasteiger partial charge in [-0.1, -0.05) is 0 Å². The molecule has 0 aliphatic heterocycles. The lowest BCUT2D eigenvalue weighted by Gasteiger charge is -2.13. The lowest BCUT2D eigenvalue weighted by atomic mass is 10.2. The number of aromatic nitrogens is 3. The third-order valence-electron chi connectivity index (χ3n) is 2.55. The fourth-order valence-corrected chi connectivity index (χ4v) is 2.31. The number of thiophene rings is 1. The van der Waals surface area contributed by atoms with Crippen molar-refractivity contribution in [2.45, 2.75) is 13.5 Å². The Balaban J connectivity index is 2.15. The van der Waals surface area contributed by atoms with Crippen molar-refractivity contribution in [2.75, 3.05) is 29.7 Å². The van der Waals surface area contributed by atoms with Gasteiger partial charge in [-0.25, -0.2) is 5.84 Å². The second kappa shape index (κ2) is 5.81. The molecule has 2 rings (SSSR count). The largest absolute Gasteiger partial charge is 0.350 e. The fourth-order valence-electron chi connectivity index (χ4n) is 1.45. The number of nitrogens with zero attached hydrogens (tertiary/aromatic N) is 4. The third kappa shape index (κ3) is 3.30. The van der Waals surface area contributed by atoms with E-state index in [0.29, 0.717) is 24.4 Å². The van der Waals surface area contributed by atoms with E-state index in [1.54, 1.807) is 16.2 Å². The number of rotatable bonds is 5. The predicted octanol–water partition coefficient (Wildman–Crippen LogP) is 1.21. The normalized spacial score (nSPS) is 10.3. The minimum Gasteiger partial charge on any atom is -0.350 e. The van der Waals surface area contributed by atoms with Crippen molar-refractivity contribution in [1.29, 1.82) is 0 Å². The van der Waals surface area contributed by atoms with Crippen LogP contribution >= 0.6 is 11.3 Å². The molecule has 0 aliphatic rings. The van der Waals surface area contributed by atoms with Crippen molar-refractivity contribution >= 4 is 29.2 Å². The van der Waals surface area contributed by atoms with Crippen LogP contribution in [0.1, 0.15) is 11.1 Å². The Bertz CT molecular complexity index is 552. The number of nitrogen functional groups attached to an aromatic ring is 1. The highest BCUT2D eigenvalue weighted by Crippen LogP contribution is 2.16. The lowest BCUT2D eigenvalue weighted by molar-refractivity contribution is 0.939. The van der Waals surface area contributed by atoms with Crippen LogP contribution in [0.25, 0.3) is 0 Å². The van der Waals surface area contributed by atoms with Crippen LogP contribution in [0.15, 0.2) is 10.8 Å². The van der Waals surface area contributed by atoms with Gasteiger partial charge in [-0.2, -0.15) is 26.3 Å². The van der Waals surface area contributed by atoms with Gasteiger partial charge in [-0.05, 0) is 28.8 Å². The molecular formula is C11H17N7S. The van der Waals surface area contributed by atoms with Crippen LogP contribution in [-0.4, -0.2) is 29.0 Å². The van der Waals surface area contributed by atoms with Crippen LogP contribution in [0.5, 0.6) is 0 Å². The molecule has 0 bridgehead atoms. The van der Waals surface area contributed by atoms with Gasteiger partial charge in [0.05, 0.1) is 0 Å². The minimum absolute atomic E-state index is 0.336. The van der Waals surface area contributed by atoms with E-state index in [0.717, 1.165) is 0 Å².